The summed E-state index contributed by atoms with van der Waals surface area (Å²) >= 11 is 5.92. The van der Waals surface area contributed by atoms with E-state index in [2.05, 4.69) is 31.2 Å². The standard InChI is InChI=1S/C21H35ClO/c1-2-3-4-5-6-7-8-9-13-16-21(17-18-22)23-19-20-14-11-10-12-15-20/h10-12,14-15,21H,2-9,13,16-19H2,1H3. The molecule has 0 amide bonds. The highest BCUT2D eigenvalue weighted by Gasteiger charge is 2.08. The van der Waals surface area contributed by atoms with Gasteiger partial charge in [0.25, 0.3) is 0 Å². The van der Waals surface area contributed by atoms with Crippen LogP contribution in [0, 0.1) is 0 Å². The van der Waals surface area contributed by atoms with Crippen molar-refractivity contribution < 1.29 is 4.74 Å². The summed E-state index contributed by atoms with van der Waals surface area (Å²) in [6.07, 6.45) is 14.8. The van der Waals surface area contributed by atoms with Crippen LogP contribution < -0.4 is 0 Å². The molecule has 0 aliphatic carbocycles. The number of rotatable bonds is 15. The Hall–Kier alpha value is -0.530. The molecule has 1 rings (SSSR count). The predicted octanol–water partition coefficient (Wildman–Crippen LogP) is 7.12. The molecular weight excluding hydrogens is 304 g/mol. The highest BCUT2D eigenvalue weighted by molar-refractivity contribution is 6.17. The number of ether oxygens (including phenoxy) is 1. The predicted molar refractivity (Wildman–Crippen MR) is 102 cm³/mol. The Kier molecular flexibility index (Phi) is 13.4. The molecule has 0 spiro atoms. The molecule has 1 atom stereocenters. The molecule has 0 fully saturated rings. The van der Waals surface area contributed by atoms with E-state index in [1.54, 1.807) is 0 Å². The van der Waals surface area contributed by atoms with E-state index in [0.717, 1.165) is 12.8 Å². The number of hydrogen-bond acceptors (Lipinski definition) is 1. The number of unbranched alkanes of at least 4 members (excludes halogenated alkanes) is 8. The van der Waals surface area contributed by atoms with Gasteiger partial charge in [-0.15, -0.1) is 11.6 Å². The first kappa shape index (κ1) is 20.5. The zero-order valence-electron chi connectivity index (χ0n) is 14.9. The lowest BCUT2D eigenvalue weighted by Gasteiger charge is -2.17. The molecule has 1 aromatic rings. The van der Waals surface area contributed by atoms with E-state index in [1.165, 1.54) is 63.4 Å². The molecule has 0 N–H and O–H groups in total. The van der Waals surface area contributed by atoms with E-state index in [-0.39, 0.29) is 0 Å². The number of hydrogen-bond donors (Lipinski definition) is 0. The third-order valence-electron chi connectivity index (χ3n) is 4.39. The van der Waals surface area contributed by atoms with E-state index < -0.39 is 0 Å². The number of halogens is 1. The number of benzene rings is 1. The number of alkyl halides is 1. The van der Waals surface area contributed by atoms with Gasteiger partial charge in [-0.1, -0.05) is 95.0 Å². The summed E-state index contributed by atoms with van der Waals surface area (Å²) in [5.41, 5.74) is 1.25. The van der Waals surface area contributed by atoms with Crippen molar-refractivity contribution in [3.8, 4) is 0 Å². The summed E-state index contributed by atoms with van der Waals surface area (Å²) in [7, 11) is 0. The van der Waals surface area contributed by atoms with Gasteiger partial charge >= 0.3 is 0 Å². The van der Waals surface area contributed by atoms with Crippen LogP contribution >= 0.6 is 11.6 Å². The Labute approximate surface area is 148 Å². The summed E-state index contributed by atoms with van der Waals surface area (Å²) in [4.78, 5) is 0. The Morgan fingerprint density at radius 1 is 0.826 bits per heavy atom. The summed E-state index contributed by atoms with van der Waals surface area (Å²) in [6, 6.07) is 10.4. The molecule has 1 aromatic carbocycles. The first-order valence-corrected chi connectivity index (χ1v) is 10.1. The largest absolute Gasteiger partial charge is 0.374 e. The Morgan fingerprint density at radius 3 is 2.04 bits per heavy atom. The van der Waals surface area contributed by atoms with Gasteiger partial charge in [-0.05, 0) is 18.4 Å². The van der Waals surface area contributed by atoms with E-state index in [0.29, 0.717) is 18.6 Å². The first-order valence-electron chi connectivity index (χ1n) is 9.58. The van der Waals surface area contributed by atoms with Crippen molar-refractivity contribution in [1.82, 2.24) is 0 Å². The summed E-state index contributed by atoms with van der Waals surface area (Å²) in [6.45, 7) is 2.98. The van der Waals surface area contributed by atoms with Crippen molar-refractivity contribution in [2.45, 2.75) is 90.3 Å². The fourth-order valence-corrected chi connectivity index (χ4v) is 3.15. The van der Waals surface area contributed by atoms with Crippen molar-refractivity contribution in [3.63, 3.8) is 0 Å². The minimum absolute atomic E-state index is 0.317. The fourth-order valence-electron chi connectivity index (χ4n) is 2.90. The highest BCUT2D eigenvalue weighted by Crippen LogP contribution is 2.16. The van der Waals surface area contributed by atoms with Crippen LogP contribution in [0.15, 0.2) is 30.3 Å². The molecule has 0 heterocycles. The molecule has 1 unspecified atom stereocenters. The lowest BCUT2D eigenvalue weighted by Crippen LogP contribution is -2.13. The Bertz CT molecular complexity index is 352. The monoisotopic (exact) mass is 338 g/mol. The molecule has 0 aliphatic rings. The molecule has 2 heteroatoms. The van der Waals surface area contributed by atoms with E-state index in [9.17, 15) is 0 Å². The van der Waals surface area contributed by atoms with Crippen LogP contribution in [0.2, 0.25) is 0 Å². The lowest BCUT2D eigenvalue weighted by atomic mass is 10.0. The lowest BCUT2D eigenvalue weighted by molar-refractivity contribution is 0.0315. The molecular formula is C21H35ClO. The van der Waals surface area contributed by atoms with E-state index in [4.69, 9.17) is 16.3 Å². The van der Waals surface area contributed by atoms with Gasteiger partial charge in [0.05, 0.1) is 12.7 Å². The van der Waals surface area contributed by atoms with Gasteiger partial charge in [-0.25, -0.2) is 0 Å². The van der Waals surface area contributed by atoms with Gasteiger partial charge in [-0.2, -0.15) is 0 Å². The van der Waals surface area contributed by atoms with Gasteiger partial charge in [-0.3, -0.25) is 0 Å². The molecule has 1 nitrogen and oxygen atoms in total. The Morgan fingerprint density at radius 2 is 1.43 bits per heavy atom. The molecule has 0 saturated carbocycles. The average molecular weight is 339 g/mol. The molecule has 23 heavy (non-hydrogen) atoms. The molecule has 132 valence electrons. The van der Waals surface area contributed by atoms with Gasteiger partial charge in [0, 0.05) is 5.88 Å². The third kappa shape index (κ3) is 11.6. The molecule has 0 radical (unpaired) electrons. The molecule has 0 aromatic heterocycles. The van der Waals surface area contributed by atoms with Gasteiger partial charge in [0.1, 0.15) is 0 Å². The maximum atomic E-state index is 6.06. The topological polar surface area (TPSA) is 9.23 Å². The SMILES string of the molecule is CCCCCCCCCCCC(CCCl)OCc1ccccc1. The van der Waals surface area contributed by atoms with Crippen LogP contribution in [0.1, 0.15) is 83.1 Å². The van der Waals surface area contributed by atoms with Crippen LogP contribution in [-0.4, -0.2) is 12.0 Å². The van der Waals surface area contributed by atoms with Crippen molar-refractivity contribution in [2.75, 3.05) is 5.88 Å². The van der Waals surface area contributed by atoms with Crippen LogP contribution in [0.3, 0.4) is 0 Å². The van der Waals surface area contributed by atoms with Gasteiger partial charge in [0.2, 0.25) is 0 Å². The zero-order chi connectivity index (χ0) is 16.6. The van der Waals surface area contributed by atoms with Crippen LogP contribution in [0.5, 0.6) is 0 Å². The van der Waals surface area contributed by atoms with Crippen LogP contribution in [-0.2, 0) is 11.3 Å². The van der Waals surface area contributed by atoms with Crippen LogP contribution in [0.25, 0.3) is 0 Å². The smallest absolute Gasteiger partial charge is 0.0720 e. The molecule has 0 bridgehead atoms. The second-order valence-electron chi connectivity index (χ2n) is 6.51. The normalized spacial score (nSPS) is 12.4. The van der Waals surface area contributed by atoms with Gasteiger partial charge in [0.15, 0.2) is 0 Å². The molecule has 0 aliphatic heterocycles. The minimum atomic E-state index is 0.317. The fraction of sp³-hybridized carbons (Fsp3) is 0.714. The summed E-state index contributed by atoms with van der Waals surface area (Å²) in [5.74, 6) is 0.691. The summed E-state index contributed by atoms with van der Waals surface area (Å²) < 4.78 is 6.06. The second kappa shape index (κ2) is 15.0. The quantitative estimate of drug-likeness (QED) is 0.244. The zero-order valence-corrected chi connectivity index (χ0v) is 15.7. The van der Waals surface area contributed by atoms with E-state index >= 15 is 0 Å². The van der Waals surface area contributed by atoms with Crippen molar-refractivity contribution in [3.05, 3.63) is 35.9 Å². The maximum Gasteiger partial charge on any atom is 0.0720 e. The van der Waals surface area contributed by atoms with Crippen LogP contribution in [0.4, 0.5) is 0 Å². The van der Waals surface area contributed by atoms with E-state index in [1.807, 2.05) is 6.07 Å². The van der Waals surface area contributed by atoms with Crippen molar-refractivity contribution in [1.29, 1.82) is 0 Å². The molecule has 0 saturated heterocycles. The van der Waals surface area contributed by atoms with Crippen molar-refractivity contribution in [2.24, 2.45) is 0 Å². The highest BCUT2D eigenvalue weighted by atomic mass is 35.5. The first-order chi connectivity index (χ1) is 11.4. The van der Waals surface area contributed by atoms with Gasteiger partial charge < -0.3 is 4.74 Å². The third-order valence-corrected chi connectivity index (χ3v) is 4.61. The Balaban J connectivity index is 2.04. The minimum Gasteiger partial charge on any atom is -0.374 e. The average Bonchev–Trinajstić information content (AvgIpc) is 2.59. The maximum absolute atomic E-state index is 6.06. The second-order valence-corrected chi connectivity index (χ2v) is 6.89. The van der Waals surface area contributed by atoms with Crippen molar-refractivity contribution >= 4 is 11.6 Å². The summed E-state index contributed by atoms with van der Waals surface area (Å²) in [5, 5.41) is 0.